The van der Waals surface area contributed by atoms with Crippen LogP contribution in [0, 0.1) is 0 Å². The number of fused-ring (bicyclic) bond motifs is 1. The molecule has 6 nitrogen and oxygen atoms in total. The van der Waals surface area contributed by atoms with Gasteiger partial charge in [0.25, 0.3) is 5.22 Å². The lowest BCUT2D eigenvalue weighted by molar-refractivity contribution is -0.118. The summed E-state index contributed by atoms with van der Waals surface area (Å²) in [5, 5.41) is 11.2. The molecule has 3 aromatic rings. The van der Waals surface area contributed by atoms with E-state index >= 15 is 0 Å². The second-order valence-corrected chi connectivity index (χ2v) is 6.81. The van der Waals surface area contributed by atoms with E-state index in [9.17, 15) is 4.79 Å². The van der Waals surface area contributed by atoms with Gasteiger partial charge < -0.3 is 14.5 Å². The number of hydrogen-bond acceptors (Lipinski definition) is 6. The SMILES string of the molecule is O=C(CSc1nnc(-c2ccccc2)o1)NCC1Cc2ccccc2O1. The minimum atomic E-state index is -0.0889. The third-order valence-corrected chi connectivity index (χ3v) is 4.81. The van der Waals surface area contributed by atoms with Crippen molar-refractivity contribution in [3.05, 3.63) is 60.2 Å². The summed E-state index contributed by atoms with van der Waals surface area (Å²) >= 11 is 1.22. The van der Waals surface area contributed by atoms with Gasteiger partial charge in [-0.1, -0.05) is 48.2 Å². The number of ether oxygens (including phenoxy) is 1. The van der Waals surface area contributed by atoms with Gasteiger partial charge in [-0.25, -0.2) is 0 Å². The predicted molar refractivity (Wildman–Crippen MR) is 98.0 cm³/mol. The fourth-order valence-corrected chi connectivity index (χ4v) is 3.33. The third kappa shape index (κ3) is 3.88. The molecule has 7 heteroatoms. The summed E-state index contributed by atoms with van der Waals surface area (Å²) in [6.07, 6.45) is 0.794. The highest BCUT2D eigenvalue weighted by Gasteiger charge is 2.22. The van der Waals surface area contributed by atoms with E-state index in [-0.39, 0.29) is 17.8 Å². The van der Waals surface area contributed by atoms with Gasteiger partial charge in [-0.05, 0) is 23.8 Å². The van der Waals surface area contributed by atoms with E-state index in [1.54, 1.807) is 0 Å². The van der Waals surface area contributed by atoms with Gasteiger partial charge in [-0.2, -0.15) is 0 Å². The van der Waals surface area contributed by atoms with Gasteiger partial charge in [0.15, 0.2) is 0 Å². The van der Waals surface area contributed by atoms with Crippen LogP contribution in [0.3, 0.4) is 0 Å². The smallest absolute Gasteiger partial charge is 0.277 e. The van der Waals surface area contributed by atoms with Crippen molar-refractivity contribution in [2.24, 2.45) is 0 Å². The van der Waals surface area contributed by atoms with Crippen LogP contribution in [0.5, 0.6) is 5.75 Å². The summed E-state index contributed by atoms with van der Waals surface area (Å²) in [5.41, 5.74) is 2.04. The van der Waals surface area contributed by atoms with Gasteiger partial charge in [0.2, 0.25) is 11.8 Å². The molecule has 4 rings (SSSR count). The van der Waals surface area contributed by atoms with Crippen LogP contribution in [0.1, 0.15) is 5.56 Å². The van der Waals surface area contributed by atoms with Gasteiger partial charge in [-0.15, -0.1) is 10.2 Å². The highest BCUT2D eigenvalue weighted by molar-refractivity contribution is 7.99. The molecule has 1 atom stereocenters. The molecule has 0 fully saturated rings. The van der Waals surface area contributed by atoms with E-state index in [1.807, 2.05) is 54.6 Å². The number of nitrogens with one attached hydrogen (secondary N) is 1. The molecule has 0 bridgehead atoms. The molecule has 0 saturated carbocycles. The highest BCUT2D eigenvalue weighted by atomic mass is 32.2. The van der Waals surface area contributed by atoms with E-state index < -0.39 is 0 Å². The second kappa shape index (κ2) is 7.61. The quantitative estimate of drug-likeness (QED) is 0.675. The van der Waals surface area contributed by atoms with Crippen LogP contribution in [-0.2, 0) is 11.2 Å². The van der Waals surface area contributed by atoms with Crippen LogP contribution >= 0.6 is 11.8 Å². The first-order valence-electron chi connectivity index (χ1n) is 8.31. The maximum Gasteiger partial charge on any atom is 0.277 e. The molecule has 1 aliphatic heterocycles. The van der Waals surface area contributed by atoms with Gasteiger partial charge in [0.1, 0.15) is 11.9 Å². The topological polar surface area (TPSA) is 77.2 Å². The van der Waals surface area contributed by atoms with Crippen molar-refractivity contribution in [2.75, 3.05) is 12.3 Å². The largest absolute Gasteiger partial charge is 0.488 e. The summed E-state index contributed by atoms with van der Waals surface area (Å²) < 4.78 is 11.4. The van der Waals surface area contributed by atoms with E-state index in [0.29, 0.717) is 17.7 Å². The lowest BCUT2D eigenvalue weighted by atomic mass is 10.1. The molecular weight excluding hydrogens is 350 g/mol. The van der Waals surface area contributed by atoms with Gasteiger partial charge in [0, 0.05) is 12.0 Å². The zero-order chi connectivity index (χ0) is 17.8. The number of para-hydroxylation sites is 1. The molecule has 0 aliphatic carbocycles. The molecule has 1 aliphatic rings. The highest BCUT2D eigenvalue weighted by Crippen LogP contribution is 2.27. The lowest BCUT2D eigenvalue weighted by Crippen LogP contribution is -2.35. The number of nitrogens with zero attached hydrogens (tertiary/aromatic N) is 2. The Hall–Kier alpha value is -2.80. The molecule has 0 saturated heterocycles. The molecule has 1 aromatic heterocycles. The van der Waals surface area contributed by atoms with Crippen LogP contribution in [0.15, 0.2) is 64.2 Å². The third-order valence-electron chi connectivity index (χ3n) is 3.99. The minimum absolute atomic E-state index is 0.0190. The monoisotopic (exact) mass is 367 g/mol. The molecule has 132 valence electrons. The zero-order valence-electron chi connectivity index (χ0n) is 13.9. The molecule has 1 N–H and O–H groups in total. The molecule has 26 heavy (non-hydrogen) atoms. The predicted octanol–water partition coefficient (Wildman–Crippen LogP) is 2.95. The Kier molecular flexibility index (Phi) is 4.88. The Morgan fingerprint density at radius 3 is 2.77 bits per heavy atom. The first kappa shape index (κ1) is 16.7. The van der Waals surface area contributed by atoms with Gasteiger partial charge in [-0.3, -0.25) is 4.79 Å². The number of carbonyl (C=O) groups excluding carboxylic acids is 1. The molecular formula is C19H17N3O3S. The van der Waals surface area contributed by atoms with E-state index in [1.165, 1.54) is 17.3 Å². The molecule has 1 unspecified atom stereocenters. The summed E-state index contributed by atoms with van der Waals surface area (Å²) in [4.78, 5) is 12.0. The zero-order valence-corrected chi connectivity index (χ0v) is 14.7. The summed E-state index contributed by atoms with van der Waals surface area (Å²) in [7, 11) is 0. The number of amides is 1. The summed E-state index contributed by atoms with van der Waals surface area (Å²) in [5.74, 6) is 1.48. The Morgan fingerprint density at radius 2 is 1.92 bits per heavy atom. The first-order chi connectivity index (χ1) is 12.8. The Bertz CT molecular complexity index is 873. The van der Waals surface area contributed by atoms with E-state index in [4.69, 9.17) is 9.15 Å². The summed E-state index contributed by atoms with van der Waals surface area (Å²) in [6.45, 7) is 0.479. The maximum absolute atomic E-state index is 12.0. The fraction of sp³-hybridized carbons (Fsp3) is 0.211. The van der Waals surface area contributed by atoms with Crippen molar-refractivity contribution in [3.63, 3.8) is 0 Å². The number of hydrogen-bond donors (Lipinski definition) is 1. The van der Waals surface area contributed by atoms with Crippen LogP contribution in [0.25, 0.3) is 11.5 Å². The first-order valence-corrected chi connectivity index (χ1v) is 9.29. The van der Waals surface area contributed by atoms with Crippen molar-refractivity contribution in [1.82, 2.24) is 15.5 Å². The average Bonchev–Trinajstić information content (AvgIpc) is 3.32. The lowest BCUT2D eigenvalue weighted by Gasteiger charge is -2.11. The van der Waals surface area contributed by atoms with E-state index in [0.717, 1.165) is 17.7 Å². The van der Waals surface area contributed by atoms with Crippen molar-refractivity contribution >= 4 is 17.7 Å². The van der Waals surface area contributed by atoms with Crippen molar-refractivity contribution in [2.45, 2.75) is 17.7 Å². The number of carbonyl (C=O) groups is 1. The average molecular weight is 367 g/mol. The molecule has 0 radical (unpaired) electrons. The van der Waals surface area contributed by atoms with Crippen molar-refractivity contribution < 1.29 is 13.9 Å². The van der Waals surface area contributed by atoms with Crippen LogP contribution in [0.4, 0.5) is 0 Å². The normalized spacial score (nSPS) is 15.3. The minimum Gasteiger partial charge on any atom is -0.488 e. The Labute approximate surface area is 155 Å². The summed E-state index contributed by atoms with van der Waals surface area (Å²) in [6, 6.07) is 17.5. The fourth-order valence-electron chi connectivity index (χ4n) is 2.74. The van der Waals surface area contributed by atoms with Crippen LogP contribution in [0.2, 0.25) is 0 Å². The van der Waals surface area contributed by atoms with E-state index in [2.05, 4.69) is 15.5 Å². The number of benzene rings is 2. The van der Waals surface area contributed by atoms with Crippen molar-refractivity contribution in [3.8, 4) is 17.2 Å². The molecule has 1 amide bonds. The van der Waals surface area contributed by atoms with Gasteiger partial charge >= 0.3 is 0 Å². The molecule has 2 heterocycles. The number of thioether (sulfide) groups is 1. The Balaban J connectivity index is 1.23. The van der Waals surface area contributed by atoms with Crippen molar-refractivity contribution in [1.29, 1.82) is 0 Å². The standard InChI is InChI=1S/C19H17N3O3S/c23-17(20-11-15-10-14-8-4-5-9-16(14)24-15)12-26-19-22-21-18(25-19)13-6-2-1-3-7-13/h1-9,15H,10-12H2,(H,20,23). The van der Waals surface area contributed by atoms with Crippen LogP contribution in [-0.4, -0.2) is 34.5 Å². The van der Waals surface area contributed by atoms with Gasteiger partial charge in [0.05, 0.1) is 12.3 Å². The maximum atomic E-state index is 12.0. The Morgan fingerprint density at radius 1 is 1.12 bits per heavy atom. The molecule has 0 spiro atoms. The van der Waals surface area contributed by atoms with Crippen LogP contribution < -0.4 is 10.1 Å². The number of aromatic nitrogens is 2. The second-order valence-electron chi connectivity index (χ2n) is 5.88. The molecule has 2 aromatic carbocycles. The number of rotatable bonds is 6.